The predicted octanol–water partition coefficient (Wildman–Crippen LogP) is 4.17. The first-order valence-corrected chi connectivity index (χ1v) is 11.8. The molecule has 2 aromatic rings. The molecular formula is C26H31FN4O. The molecule has 5 nitrogen and oxygen atoms in total. The van der Waals surface area contributed by atoms with Gasteiger partial charge in [-0.25, -0.2) is 4.39 Å². The zero-order chi connectivity index (χ0) is 22.1. The number of nitrogens with zero attached hydrogens (tertiary/aromatic N) is 4. The number of amides is 1. The van der Waals surface area contributed by atoms with Crippen LogP contribution in [0.2, 0.25) is 0 Å². The molecule has 0 radical (unpaired) electrons. The molecule has 5 rings (SSSR count). The summed E-state index contributed by atoms with van der Waals surface area (Å²) in [6, 6.07) is 13.4. The van der Waals surface area contributed by atoms with Crippen molar-refractivity contribution in [2.75, 3.05) is 37.7 Å². The van der Waals surface area contributed by atoms with Gasteiger partial charge in [-0.15, -0.1) is 0 Å². The van der Waals surface area contributed by atoms with Crippen LogP contribution in [0.25, 0.3) is 0 Å². The van der Waals surface area contributed by atoms with Crippen molar-refractivity contribution in [3.05, 3.63) is 65.0 Å². The van der Waals surface area contributed by atoms with E-state index < -0.39 is 5.82 Å². The van der Waals surface area contributed by atoms with Crippen molar-refractivity contribution >= 4 is 17.8 Å². The summed E-state index contributed by atoms with van der Waals surface area (Å²) in [6.45, 7) is 6.69. The number of aliphatic imine (C=N–C) groups is 1. The SMILES string of the molecule is CC[C@@H]1CN(C(=O)c2cc(CN3CN=Cc4ccccc43)ccc2F)CCN1CC1CC1. The van der Waals surface area contributed by atoms with Crippen molar-refractivity contribution in [3.63, 3.8) is 0 Å². The summed E-state index contributed by atoms with van der Waals surface area (Å²) < 4.78 is 14.7. The Kier molecular flexibility index (Phi) is 5.96. The number of piperazine rings is 1. The van der Waals surface area contributed by atoms with Gasteiger partial charge in [0, 0.05) is 56.2 Å². The van der Waals surface area contributed by atoms with Gasteiger partial charge < -0.3 is 9.80 Å². The zero-order valence-corrected chi connectivity index (χ0v) is 18.7. The maximum Gasteiger partial charge on any atom is 0.256 e. The molecule has 0 aromatic heterocycles. The Balaban J connectivity index is 1.30. The first-order chi connectivity index (χ1) is 15.6. The highest BCUT2D eigenvalue weighted by atomic mass is 19.1. The number of hydrogen-bond acceptors (Lipinski definition) is 4. The van der Waals surface area contributed by atoms with Crippen molar-refractivity contribution in [3.8, 4) is 0 Å². The Morgan fingerprint density at radius 2 is 2.00 bits per heavy atom. The monoisotopic (exact) mass is 434 g/mol. The van der Waals surface area contributed by atoms with E-state index >= 15 is 0 Å². The van der Waals surface area contributed by atoms with Gasteiger partial charge in [0.05, 0.1) is 5.56 Å². The van der Waals surface area contributed by atoms with Crippen LogP contribution in [0.15, 0.2) is 47.5 Å². The van der Waals surface area contributed by atoms with E-state index in [0.29, 0.717) is 32.3 Å². The minimum absolute atomic E-state index is 0.182. The average molecular weight is 435 g/mol. The second-order valence-electron chi connectivity index (χ2n) is 9.28. The van der Waals surface area contributed by atoms with Crippen molar-refractivity contribution < 1.29 is 9.18 Å². The molecule has 2 aliphatic heterocycles. The summed E-state index contributed by atoms with van der Waals surface area (Å²) in [5.41, 5.74) is 3.28. The van der Waals surface area contributed by atoms with Gasteiger partial charge in [-0.1, -0.05) is 31.2 Å². The summed E-state index contributed by atoms with van der Waals surface area (Å²) >= 11 is 0. The predicted molar refractivity (Wildman–Crippen MR) is 126 cm³/mol. The van der Waals surface area contributed by atoms with E-state index in [1.54, 1.807) is 12.1 Å². The smallest absolute Gasteiger partial charge is 0.256 e. The lowest BCUT2D eigenvalue weighted by Crippen LogP contribution is -2.55. The molecule has 32 heavy (non-hydrogen) atoms. The Morgan fingerprint density at radius 3 is 2.81 bits per heavy atom. The van der Waals surface area contributed by atoms with Gasteiger partial charge in [-0.3, -0.25) is 14.7 Å². The van der Waals surface area contributed by atoms with Gasteiger partial charge in [-0.2, -0.15) is 0 Å². The fraction of sp³-hybridized carbons (Fsp3) is 0.462. The number of benzene rings is 2. The maximum atomic E-state index is 14.7. The summed E-state index contributed by atoms with van der Waals surface area (Å²) in [5, 5.41) is 0. The second kappa shape index (κ2) is 9.02. The third kappa shape index (κ3) is 4.42. The highest BCUT2D eigenvalue weighted by Gasteiger charge is 2.33. The third-order valence-electron chi connectivity index (χ3n) is 6.95. The lowest BCUT2D eigenvalue weighted by Gasteiger charge is -2.41. The van der Waals surface area contributed by atoms with Crippen LogP contribution in [0.3, 0.4) is 0 Å². The van der Waals surface area contributed by atoms with Crippen LogP contribution in [-0.4, -0.2) is 60.8 Å². The maximum absolute atomic E-state index is 14.7. The number of halogens is 1. The molecule has 0 spiro atoms. The molecule has 1 saturated carbocycles. The second-order valence-corrected chi connectivity index (χ2v) is 9.28. The summed E-state index contributed by atoms with van der Waals surface area (Å²) in [6.07, 6.45) is 5.56. The van der Waals surface area contributed by atoms with Crippen LogP contribution in [-0.2, 0) is 6.54 Å². The summed E-state index contributed by atoms with van der Waals surface area (Å²) in [4.78, 5) is 24.3. The zero-order valence-electron chi connectivity index (χ0n) is 18.7. The quantitative estimate of drug-likeness (QED) is 0.685. The number of fused-ring (bicyclic) bond motifs is 1. The van der Waals surface area contributed by atoms with Crippen molar-refractivity contribution in [1.29, 1.82) is 0 Å². The molecule has 6 heteroatoms. The highest BCUT2D eigenvalue weighted by molar-refractivity contribution is 5.95. The Labute approximate surface area is 189 Å². The van der Waals surface area contributed by atoms with Gasteiger partial charge in [0.15, 0.2) is 0 Å². The molecule has 2 heterocycles. The minimum Gasteiger partial charge on any atom is -0.347 e. The van der Waals surface area contributed by atoms with E-state index in [1.807, 2.05) is 29.3 Å². The van der Waals surface area contributed by atoms with Gasteiger partial charge in [0.1, 0.15) is 12.5 Å². The third-order valence-corrected chi connectivity index (χ3v) is 6.95. The molecule has 0 N–H and O–H groups in total. The number of hydrogen-bond donors (Lipinski definition) is 0. The molecule has 2 aromatic carbocycles. The Morgan fingerprint density at radius 1 is 1.16 bits per heavy atom. The first kappa shape index (κ1) is 21.1. The standard InChI is InChI=1S/C26H31FN4O/c1-2-22-17-30(12-11-29(22)15-19-7-8-19)26(32)23-13-20(9-10-24(23)27)16-31-18-28-14-21-5-3-4-6-25(21)31/h3-6,9-10,13-14,19,22H,2,7-8,11-12,15-18H2,1H3/t22-/m1/s1. The molecule has 1 amide bonds. The molecule has 3 aliphatic rings. The van der Waals surface area contributed by atoms with Crippen LogP contribution in [0, 0.1) is 11.7 Å². The molecule has 2 fully saturated rings. The molecule has 168 valence electrons. The molecule has 0 bridgehead atoms. The van der Waals surface area contributed by atoms with Gasteiger partial charge in [0.25, 0.3) is 5.91 Å². The molecular weight excluding hydrogens is 403 g/mol. The molecule has 1 saturated heterocycles. The molecule has 1 atom stereocenters. The van der Waals surface area contributed by atoms with Crippen LogP contribution in [0.5, 0.6) is 0 Å². The Hall–Kier alpha value is -2.73. The number of carbonyl (C=O) groups excluding carboxylic acids is 1. The lowest BCUT2D eigenvalue weighted by atomic mass is 10.0. The number of carbonyl (C=O) groups is 1. The number of rotatable bonds is 6. The van der Waals surface area contributed by atoms with Crippen molar-refractivity contribution in [1.82, 2.24) is 9.80 Å². The topological polar surface area (TPSA) is 39.2 Å². The lowest BCUT2D eigenvalue weighted by molar-refractivity contribution is 0.0457. The van der Waals surface area contributed by atoms with Crippen LogP contribution in [0.4, 0.5) is 10.1 Å². The largest absolute Gasteiger partial charge is 0.347 e. The fourth-order valence-corrected chi connectivity index (χ4v) is 4.90. The van der Waals surface area contributed by atoms with Gasteiger partial charge in [-0.05, 0) is 48.9 Å². The Bertz CT molecular complexity index is 1020. The van der Waals surface area contributed by atoms with E-state index in [0.717, 1.165) is 42.2 Å². The highest BCUT2D eigenvalue weighted by Crippen LogP contribution is 2.31. The van der Waals surface area contributed by atoms with Gasteiger partial charge in [0.2, 0.25) is 0 Å². The van der Waals surface area contributed by atoms with Gasteiger partial charge >= 0.3 is 0 Å². The van der Waals surface area contributed by atoms with E-state index in [9.17, 15) is 9.18 Å². The molecule has 0 unspecified atom stereocenters. The van der Waals surface area contributed by atoms with E-state index in [1.165, 1.54) is 18.9 Å². The van der Waals surface area contributed by atoms with Crippen LogP contribution >= 0.6 is 0 Å². The molecule has 1 aliphatic carbocycles. The number of para-hydroxylation sites is 1. The summed E-state index contributed by atoms with van der Waals surface area (Å²) in [7, 11) is 0. The van der Waals surface area contributed by atoms with Crippen LogP contribution < -0.4 is 4.90 Å². The van der Waals surface area contributed by atoms with Crippen LogP contribution in [0.1, 0.15) is 47.7 Å². The normalized spacial score (nSPS) is 21.0. The fourth-order valence-electron chi connectivity index (χ4n) is 4.90. The van der Waals surface area contributed by atoms with E-state index in [4.69, 9.17) is 0 Å². The average Bonchev–Trinajstić information content (AvgIpc) is 3.64. The first-order valence-electron chi connectivity index (χ1n) is 11.8. The van der Waals surface area contributed by atoms with Crippen molar-refractivity contribution in [2.24, 2.45) is 10.9 Å². The van der Waals surface area contributed by atoms with E-state index in [-0.39, 0.29) is 11.5 Å². The summed E-state index contributed by atoms with van der Waals surface area (Å²) in [5.74, 6) is 0.208. The van der Waals surface area contributed by atoms with E-state index in [2.05, 4.69) is 27.8 Å². The van der Waals surface area contributed by atoms with Crippen molar-refractivity contribution in [2.45, 2.75) is 38.8 Å². The number of anilines is 1. The minimum atomic E-state index is -0.440.